The number of carbonyl (C=O) groups is 1. The summed E-state index contributed by atoms with van der Waals surface area (Å²) in [4.78, 5) is 13.3. The minimum atomic E-state index is -0.545. The Morgan fingerprint density at radius 1 is 1.53 bits per heavy atom. The molecule has 5 heteroatoms. The highest BCUT2D eigenvalue weighted by Gasteiger charge is 2.44. The van der Waals surface area contributed by atoms with Crippen LogP contribution in [0.4, 0.5) is 10.5 Å². The predicted molar refractivity (Wildman–Crippen MR) is 65.4 cm³/mol. The average molecular weight is 256 g/mol. The number of aliphatic hydroxyl groups is 1. The summed E-state index contributed by atoms with van der Waals surface area (Å²) in [6, 6.07) is 7.11. The summed E-state index contributed by atoms with van der Waals surface area (Å²) < 4.78 is 5.06. The molecule has 1 heterocycles. The number of anilines is 1. The van der Waals surface area contributed by atoms with Crippen LogP contribution in [-0.4, -0.2) is 30.0 Å². The number of carbonyl (C=O) groups excluding carboxylic acids is 1. The highest BCUT2D eigenvalue weighted by Crippen LogP contribution is 2.36. The number of hydrogen-bond acceptors (Lipinski definition) is 3. The molecule has 1 saturated heterocycles. The highest BCUT2D eigenvalue weighted by atomic mass is 35.5. The number of para-hydroxylation sites is 1. The third-order valence-electron chi connectivity index (χ3n) is 2.97. The van der Waals surface area contributed by atoms with Crippen molar-refractivity contribution in [1.82, 2.24) is 0 Å². The Labute approximate surface area is 105 Å². The smallest absolute Gasteiger partial charge is 0.415 e. The van der Waals surface area contributed by atoms with Gasteiger partial charge in [0.15, 0.2) is 0 Å². The largest absolute Gasteiger partial charge is 0.447 e. The SMILES string of the molecule is CC1(CCO)COC(=O)N1c1ccccc1Cl. The van der Waals surface area contributed by atoms with Gasteiger partial charge < -0.3 is 9.84 Å². The molecule has 92 valence electrons. The van der Waals surface area contributed by atoms with Crippen molar-refractivity contribution in [3.8, 4) is 0 Å². The zero-order valence-corrected chi connectivity index (χ0v) is 10.3. The van der Waals surface area contributed by atoms with Gasteiger partial charge in [-0.15, -0.1) is 0 Å². The number of cyclic esters (lactones) is 1. The van der Waals surface area contributed by atoms with Gasteiger partial charge in [-0.2, -0.15) is 0 Å². The first-order valence-electron chi connectivity index (χ1n) is 5.41. The second-order valence-corrected chi connectivity index (χ2v) is 4.72. The van der Waals surface area contributed by atoms with Gasteiger partial charge in [0, 0.05) is 6.61 Å². The fourth-order valence-corrected chi connectivity index (χ4v) is 2.23. The Kier molecular flexibility index (Phi) is 3.26. The van der Waals surface area contributed by atoms with Crippen molar-refractivity contribution in [3.05, 3.63) is 29.3 Å². The van der Waals surface area contributed by atoms with E-state index in [1.807, 2.05) is 13.0 Å². The third kappa shape index (κ3) is 2.10. The minimum absolute atomic E-state index is 0.00586. The summed E-state index contributed by atoms with van der Waals surface area (Å²) in [7, 11) is 0. The standard InChI is InChI=1S/C12H14ClNO3/c1-12(6-7-15)8-17-11(16)14(12)10-5-3-2-4-9(10)13/h2-5,15H,6-8H2,1H3. The Morgan fingerprint density at radius 3 is 2.88 bits per heavy atom. The van der Waals surface area contributed by atoms with Crippen LogP contribution in [0.5, 0.6) is 0 Å². The number of amides is 1. The molecule has 1 aromatic carbocycles. The van der Waals surface area contributed by atoms with E-state index in [0.717, 1.165) is 0 Å². The molecule has 1 amide bonds. The molecular weight excluding hydrogens is 242 g/mol. The maximum Gasteiger partial charge on any atom is 0.415 e. The van der Waals surface area contributed by atoms with E-state index in [-0.39, 0.29) is 13.2 Å². The monoisotopic (exact) mass is 255 g/mol. The Hall–Kier alpha value is -1.26. The Balaban J connectivity index is 2.41. The molecule has 0 radical (unpaired) electrons. The van der Waals surface area contributed by atoms with Crippen LogP contribution in [0.2, 0.25) is 5.02 Å². The van der Waals surface area contributed by atoms with E-state index < -0.39 is 11.6 Å². The van der Waals surface area contributed by atoms with Gasteiger partial charge in [0.25, 0.3) is 0 Å². The van der Waals surface area contributed by atoms with Crippen LogP contribution in [0.25, 0.3) is 0 Å². The molecule has 0 spiro atoms. The maximum absolute atomic E-state index is 11.8. The van der Waals surface area contributed by atoms with E-state index in [2.05, 4.69) is 0 Å². The van der Waals surface area contributed by atoms with Crippen LogP contribution >= 0.6 is 11.6 Å². The molecule has 0 saturated carbocycles. The number of halogens is 1. The molecule has 2 rings (SSSR count). The van der Waals surface area contributed by atoms with Crippen molar-refractivity contribution in [3.63, 3.8) is 0 Å². The Bertz CT molecular complexity index is 438. The van der Waals surface area contributed by atoms with E-state index in [4.69, 9.17) is 21.4 Å². The normalized spacial score (nSPS) is 23.9. The highest BCUT2D eigenvalue weighted by molar-refractivity contribution is 6.33. The second-order valence-electron chi connectivity index (χ2n) is 4.31. The van der Waals surface area contributed by atoms with Gasteiger partial charge in [0.2, 0.25) is 0 Å². The zero-order valence-electron chi connectivity index (χ0n) is 9.52. The van der Waals surface area contributed by atoms with Crippen LogP contribution in [0, 0.1) is 0 Å². The summed E-state index contributed by atoms with van der Waals surface area (Å²) in [6.45, 7) is 2.13. The number of benzene rings is 1. The number of nitrogens with zero attached hydrogens (tertiary/aromatic N) is 1. The van der Waals surface area contributed by atoms with Gasteiger partial charge in [0.05, 0.1) is 16.2 Å². The lowest BCUT2D eigenvalue weighted by molar-refractivity contribution is 0.167. The quantitative estimate of drug-likeness (QED) is 0.903. The summed E-state index contributed by atoms with van der Waals surface area (Å²) in [5.41, 5.74) is 0.0733. The minimum Gasteiger partial charge on any atom is -0.447 e. The lowest BCUT2D eigenvalue weighted by Crippen LogP contribution is -2.45. The van der Waals surface area contributed by atoms with Crippen molar-refractivity contribution in [1.29, 1.82) is 0 Å². The summed E-state index contributed by atoms with van der Waals surface area (Å²) >= 11 is 6.09. The molecule has 1 N–H and O–H groups in total. The van der Waals surface area contributed by atoms with Crippen LogP contribution in [0.1, 0.15) is 13.3 Å². The van der Waals surface area contributed by atoms with Crippen molar-refractivity contribution in [2.75, 3.05) is 18.1 Å². The molecule has 0 aromatic heterocycles. The number of hydrogen-bond donors (Lipinski definition) is 1. The van der Waals surface area contributed by atoms with Gasteiger partial charge in [-0.25, -0.2) is 4.79 Å². The third-order valence-corrected chi connectivity index (χ3v) is 3.29. The summed E-state index contributed by atoms with van der Waals surface area (Å²) in [6.07, 6.45) is 0.0262. The second kappa shape index (κ2) is 4.55. The number of rotatable bonds is 3. The van der Waals surface area contributed by atoms with Crippen LogP contribution < -0.4 is 4.90 Å². The fraction of sp³-hybridized carbons (Fsp3) is 0.417. The molecule has 1 atom stereocenters. The van der Waals surface area contributed by atoms with E-state index in [9.17, 15) is 4.79 Å². The van der Waals surface area contributed by atoms with E-state index >= 15 is 0 Å². The first-order chi connectivity index (χ1) is 8.08. The molecule has 0 aliphatic carbocycles. The van der Waals surface area contributed by atoms with Gasteiger partial charge in [0.1, 0.15) is 6.61 Å². The lowest BCUT2D eigenvalue weighted by atomic mass is 9.97. The van der Waals surface area contributed by atoms with E-state index in [0.29, 0.717) is 17.1 Å². The van der Waals surface area contributed by atoms with Gasteiger partial charge in [-0.3, -0.25) is 4.90 Å². The zero-order chi connectivity index (χ0) is 12.5. The lowest BCUT2D eigenvalue weighted by Gasteiger charge is -2.31. The van der Waals surface area contributed by atoms with Crippen molar-refractivity contribution in [2.24, 2.45) is 0 Å². The van der Waals surface area contributed by atoms with E-state index in [1.165, 1.54) is 4.90 Å². The van der Waals surface area contributed by atoms with Crippen LogP contribution in [0.15, 0.2) is 24.3 Å². The van der Waals surface area contributed by atoms with Crippen molar-refractivity contribution < 1.29 is 14.6 Å². The predicted octanol–water partition coefficient (Wildman–Crippen LogP) is 2.44. The number of aliphatic hydroxyl groups excluding tert-OH is 1. The summed E-state index contributed by atoms with van der Waals surface area (Å²) in [5, 5.41) is 9.58. The Morgan fingerprint density at radius 2 is 2.24 bits per heavy atom. The maximum atomic E-state index is 11.8. The molecule has 1 unspecified atom stereocenters. The molecule has 1 aliphatic heterocycles. The molecule has 0 bridgehead atoms. The van der Waals surface area contributed by atoms with Gasteiger partial charge in [-0.05, 0) is 25.5 Å². The molecule has 1 fully saturated rings. The summed E-state index contributed by atoms with van der Waals surface area (Å²) in [5.74, 6) is 0. The molecule has 1 aromatic rings. The van der Waals surface area contributed by atoms with Crippen molar-refractivity contribution in [2.45, 2.75) is 18.9 Å². The van der Waals surface area contributed by atoms with Crippen LogP contribution in [-0.2, 0) is 4.74 Å². The first-order valence-corrected chi connectivity index (χ1v) is 5.79. The van der Waals surface area contributed by atoms with Gasteiger partial charge in [-0.1, -0.05) is 23.7 Å². The molecule has 4 nitrogen and oxygen atoms in total. The molecule has 17 heavy (non-hydrogen) atoms. The topological polar surface area (TPSA) is 49.8 Å². The first kappa shape index (κ1) is 12.2. The average Bonchev–Trinajstić information content (AvgIpc) is 2.57. The fourth-order valence-electron chi connectivity index (χ4n) is 2.01. The molecular formula is C12H14ClNO3. The van der Waals surface area contributed by atoms with Gasteiger partial charge >= 0.3 is 6.09 Å². The number of ether oxygens (including phenoxy) is 1. The van der Waals surface area contributed by atoms with E-state index in [1.54, 1.807) is 18.2 Å². The van der Waals surface area contributed by atoms with Crippen LogP contribution in [0.3, 0.4) is 0 Å². The van der Waals surface area contributed by atoms with Crippen molar-refractivity contribution >= 4 is 23.4 Å². The molecule has 1 aliphatic rings.